The summed E-state index contributed by atoms with van der Waals surface area (Å²) in [6, 6.07) is 6.36. The van der Waals surface area contributed by atoms with Gasteiger partial charge in [0.1, 0.15) is 11.2 Å². The van der Waals surface area contributed by atoms with Gasteiger partial charge >= 0.3 is 6.03 Å². The molecule has 2 saturated heterocycles. The van der Waals surface area contributed by atoms with Crippen molar-refractivity contribution in [1.29, 1.82) is 0 Å². The number of imide groups is 1. The van der Waals surface area contributed by atoms with Gasteiger partial charge in [-0.3, -0.25) is 18.9 Å². The van der Waals surface area contributed by atoms with E-state index in [0.717, 1.165) is 11.4 Å². The SMILES string of the molecule is Cc1cccc2nc(CN3C(=O)N[C@]4(CCSC4)C3=O)cc(=O)n12. The second kappa shape index (κ2) is 5.34. The number of nitrogens with one attached hydrogen (secondary N) is 1. The number of nitrogens with zero attached hydrogens (tertiary/aromatic N) is 3. The maximum atomic E-state index is 12.7. The molecule has 124 valence electrons. The van der Waals surface area contributed by atoms with Crippen LogP contribution >= 0.6 is 11.8 Å². The van der Waals surface area contributed by atoms with Gasteiger partial charge in [-0.05, 0) is 31.2 Å². The molecule has 1 spiro atoms. The van der Waals surface area contributed by atoms with Crippen LogP contribution < -0.4 is 10.9 Å². The van der Waals surface area contributed by atoms with Gasteiger partial charge in [-0.25, -0.2) is 9.78 Å². The summed E-state index contributed by atoms with van der Waals surface area (Å²) in [6.45, 7) is 1.84. The van der Waals surface area contributed by atoms with Crippen LogP contribution in [0.5, 0.6) is 0 Å². The molecule has 0 unspecified atom stereocenters. The number of aryl methyl sites for hydroxylation is 1. The van der Waals surface area contributed by atoms with Crippen molar-refractivity contribution in [3.8, 4) is 0 Å². The van der Waals surface area contributed by atoms with E-state index < -0.39 is 11.6 Å². The summed E-state index contributed by atoms with van der Waals surface area (Å²) in [5.41, 5.74) is 0.719. The molecule has 24 heavy (non-hydrogen) atoms. The van der Waals surface area contributed by atoms with E-state index >= 15 is 0 Å². The number of hydrogen-bond acceptors (Lipinski definition) is 5. The topological polar surface area (TPSA) is 83.8 Å². The molecule has 1 atom stereocenters. The van der Waals surface area contributed by atoms with Crippen molar-refractivity contribution < 1.29 is 9.59 Å². The second-order valence-corrected chi connectivity index (χ2v) is 7.26. The zero-order valence-corrected chi connectivity index (χ0v) is 13.9. The molecule has 4 heterocycles. The number of fused-ring (bicyclic) bond motifs is 1. The number of carbonyl (C=O) groups excluding carboxylic acids is 2. The summed E-state index contributed by atoms with van der Waals surface area (Å²) < 4.78 is 1.50. The number of hydrogen-bond donors (Lipinski definition) is 1. The number of pyridine rings is 1. The average Bonchev–Trinajstić information content (AvgIpc) is 3.09. The minimum absolute atomic E-state index is 0.0107. The molecule has 4 rings (SSSR count). The summed E-state index contributed by atoms with van der Waals surface area (Å²) in [6.07, 6.45) is 0.645. The molecular weight excluding hydrogens is 328 g/mol. The van der Waals surface area contributed by atoms with Gasteiger partial charge in [-0.1, -0.05) is 6.07 Å². The van der Waals surface area contributed by atoms with Gasteiger partial charge in [0, 0.05) is 17.5 Å². The van der Waals surface area contributed by atoms with Crippen LogP contribution in [0.15, 0.2) is 29.1 Å². The maximum Gasteiger partial charge on any atom is 0.325 e. The fraction of sp³-hybridized carbons (Fsp3) is 0.375. The van der Waals surface area contributed by atoms with Crippen molar-refractivity contribution in [2.45, 2.75) is 25.4 Å². The Labute approximate surface area is 142 Å². The van der Waals surface area contributed by atoms with E-state index in [0.29, 0.717) is 23.5 Å². The molecule has 2 aromatic heterocycles. The highest BCUT2D eigenvalue weighted by Crippen LogP contribution is 2.33. The monoisotopic (exact) mass is 344 g/mol. The second-order valence-electron chi connectivity index (χ2n) is 6.15. The van der Waals surface area contributed by atoms with Crippen molar-refractivity contribution in [2.75, 3.05) is 11.5 Å². The molecule has 0 aliphatic carbocycles. The number of rotatable bonds is 2. The Morgan fingerprint density at radius 3 is 2.92 bits per heavy atom. The first kappa shape index (κ1) is 15.2. The Balaban J connectivity index is 1.69. The molecular formula is C16H16N4O3S. The van der Waals surface area contributed by atoms with Gasteiger partial charge in [0.05, 0.1) is 12.2 Å². The minimum atomic E-state index is -0.774. The third-order valence-corrected chi connectivity index (χ3v) is 5.71. The Kier molecular flexibility index (Phi) is 3.38. The first-order chi connectivity index (χ1) is 11.5. The summed E-state index contributed by atoms with van der Waals surface area (Å²) in [5.74, 6) is 1.24. The van der Waals surface area contributed by atoms with E-state index in [1.807, 2.05) is 19.1 Å². The molecule has 8 heteroatoms. The normalized spacial score (nSPS) is 23.5. The molecule has 0 aromatic carbocycles. The summed E-state index contributed by atoms with van der Waals surface area (Å²) >= 11 is 1.66. The van der Waals surface area contributed by atoms with Crippen molar-refractivity contribution >= 4 is 29.3 Å². The fourth-order valence-corrected chi connectivity index (χ4v) is 4.58. The number of urea groups is 1. The molecule has 3 amide bonds. The Bertz CT molecular complexity index is 917. The Morgan fingerprint density at radius 2 is 2.17 bits per heavy atom. The molecule has 0 radical (unpaired) electrons. The van der Waals surface area contributed by atoms with Crippen LogP contribution in [0.4, 0.5) is 4.79 Å². The van der Waals surface area contributed by atoms with Crippen molar-refractivity contribution in [2.24, 2.45) is 0 Å². The van der Waals surface area contributed by atoms with E-state index in [2.05, 4.69) is 10.3 Å². The highest BCUT2D eigenvalue weighted by molar-refractivity contribution is 7.99. The van der Waals surface area contributed by atoms with Crippen LogP contribution in [-0.2, 0) is 11.3 Å². The molecule has 2 fully saturated rings. The number of aromatic nitrogens is 2. The lowest BCUT2D eigenvalue weighted by atomic mass is 9.99. The number of carbonyl (C=O) groups is 2. The molecule has 7 nitrogen and oxygen atoms in total. The van der Waals surface area contributed by atoms with Crippen LogP contribution in [0, 0.1) is 6.92 Å². The van der Waals surface area contributed by atoms with Crippen LogP contribution in [0.25, 0.3) is 5.65 Å². The minimum Gasteiger partial charge on any atom is -0.322 e. The molecule has 2 aliphatic rings. The van der Waals surface area contributed by atoms with Crippen LogP contribution in [0.1, 0.15) is 17.8 Å². The van der Waals surface area contributed by atoms with Crippen molar-refractivity contribution in [3.05, 3.63) is 46.0 Å². The number of amides is 3. The molecule has 2 aromatic rings. The van der Waals surface area contributed by atoms with Gasteiger partial charge in [-0.15, -0.1) is 0 Å². The van der Waals surface area contributed by atoms with Crippen LogP contribution in [0.3, 0.4) is 0 Å². The Morgan fingerprint density at radius 1 is 1.33 bits per heavy atom. The van der Waals surface area contributed by atoms with Crippen LogP contribution in [-0.4, -0.2) is 43.3 Å². The highest BCUT2D eigenvalue weighted by Gasteiger charge is 2.52. The summed E-state index contributed by atoms with van der Waals surface area (Å²) in [7, 11) is 0. The van der Waals surface area contributed by atoms with Gasteiger partial charge in [0.2, 0.25) is 0 Å². The number of thioether (sulfide) groups is 1. The standard InChI is InChI=1S/C16H16N4O3S/c1-10-3-2-4-12-17-11(7-13(21)20(10)12)8-19-14(22)16(18-15(19)23)5-6-24-9-16/h2-4,7H,5-6,8-9H2,1H3,(H,18,23)/t16-/m0/s1. The molecule has 0 saturated carbocycles. The van der Waals surface area contributed by atoms with Gasteiger partial charge in [0.15, 0.2) is 0 Å². The van der Waals surface area contributed by atoms with E-state index in [-0.39, 0.29) is 18.0 Å². The predicted molar refractivity (Wildman–Crippen MR) is 90.0 cm³/mol. The summed E-state index contributed by atoms with van der Waals surface area (Å²) in [5, 5.41) is 2.82. The Hall–Kier alpha value is -2.35. The molecule has 0 bridgehead atoms. The zero-order valence-electron chi connectivity index (χ0n) is 13.1. The third-order valence-electron chi connectivity index (χ3n) is 4.52. The van der Waals surface area contributed by atoms with E-state index in [1.165, 1.54) is 15.4 Å². The maximum absolute atomic E-state index is 12.7. The predicted octanol–water partition coefficient (Wildman–Crippen LogP) is 0.930. The lowest BCUT2D eigenvalue weighted by Crippen LogP contribution is -2.46. The lowest BCUT2D eigenvalue weighted by molar-refractivity contribution is -0.130. The molecule has 2 aliphatic heterocycles. The van der Waals surface area contributed by atoms with Crippen molar-refractivity contribution in [3.63, 3.8) is 0 Å². The first-order valence-corrected chi connectivity index (χ1v) is 8.86. The largest absolute Gasteiger partial charge is 0.325 e. The fourth-order valence-electron chi connectivity index (χ4n) is 3.26. The summed E-state index contributed by atoms with van der Waals surface area (Å²) in [4.78, 5) is 42.8. The average molecular weight is 344 g/mol. The zero-order chi connectivity index (χ0) is 16.9. The van der Waals surface area contributed by atoms with E-state index in [9.17, 15) is 14.4 Å². The van der Waals surface area contributed by atoms with Gasteiger partial charge < -0.3 is 5.32 Å². The smallest absolute Gasteiger partial charge is 0.322 e. The van der Waals surface area contributed by atoms with Gasteiger partial charge in [-0.2, -0.15) is 11.8 Å². The quantitative estimate of drug-likeness (QED) is 0.820. The first-order valence-electron chi connectivity index (χ1n) is 7.70. The lowest BCUT2D eigenvalue weighted by Gasteiger charge is -2.19. The van der Waals surface area contributed by atoms with Crippen molar-refractivity contribution in [1.82, 2.24) is 19.6 Å². The van der Waals surface area contributed by atoms with Crippen LogP contribution in [0.2, 0.25) is 0 Å². The van der Waals surface area contributed by atoms with E-state index in [4.69, 9.17) is 0 Å². The molecule has 1 N–H and O–H groups in total. The van der Waals surface area contributed by atoms with E-state index in [1.54, 1.807) is 17.8 Å². The van der Waals surface area contributed by atoms with Gasteiger partial charge in [0.25, 0.3) is 11.5 Å². The highest BCUT2D eigenvalue weighted by atomic mass is 32.2. The third kappa shape index (κ3) is 2.21.